The molecule has 1 atom stereocenters. The molecule has 5 rings (SSSR count). The van der Waals surface area contributed by atoms with Gasteiger partial charge >= 0.3 is 12.1 Å². The summed E-state index contributed by atoms with van der Waals surface area (Å²) < 4.78 is 14.9. The lowest BCUT2D eigenvalue weighted by Crippen LogP contribution is -2.49. The lowest BCUT2D eigenvalue weighted by Gasteiger charge is -2.37. The Morgan fingerprint density at radius 2 is 1.78 bits per heavy atom. The Bertz CT molecular complexity index is 1510. The average Bonchev–Trinajstić information content (AvgIpc) is 3.29. The number of amides is 1. The topological polar surface area (TPSA) is 93.0 Å². The van der Waals surface area contributed by atoms with E-state index in [-0.39, 0.29) is 23.1 Å². The number of nitrogens with one attached hydrogen (secondary N) is 1. The summed E-state index contributed by atoms with van der Waals surface area (Å²) in [4.78, 5) is 28.0. The first kappa shape index (κ1) is 32.9. The minimum atomic E-state index is -0.947. The maximum absolute atomic E-state index is 14.0. The van der Waals surface area contributed by atoms with Gasteiger partial charge in [-0.05, 0) is 101 Å². The first-order valence-corrected chi connectivity index (χ1v) is 16.6. The van der Waals surface area contributed by atoms with Crippen molar-refractivity contribution in [3.8, 4) is 17.0 Å². The van der Waals surface area contributed by atoms with Gasteiger partial charge in [0.2, 0.25) is 0 Å². The Balaban J connectivity index is 1.66. The number of hydrogen-bond acceptors (Lipinski definition) is 5. The van der Waals surface area contributed by atoms with Crippen molar-refractivity contribution < 1.29 is 24.2 Å². The van der Waals surface area contributed by atoms with Gasteiger partial charge in [-0.1, -0.05) is 51.3 Å². The van der Waals surface area contributed by atoms with Crippen LogP contribution in [-0.2, 0) is 11.3 Å². The van der Waals surface area contributed by atoms with Crippen molar-refractivity contribution in [3.63, 3.8) is 0 Å². The molecule has 0 saturated heterocycles. The minimum absolute atomic E-state index is 0.00813. The molecule has 1 aliphatic carbocycles. The van der Waals surface area contributed by atoms with Crippen LogP contribution < -0.4 is 10.1 Å². The molecule has 2 aromatic carbocycles. The Labute approximate surface area is 268 Å². The number of carbonyl (C=O) groups is 2. The number of carboxylic acid groups (broad SMARTS) is 1. The van der Waals surface area contributed by atoms with Gasteiger partial charge in [-0.3, -0.25) is 4.90 Å². The number of rotatable bonds is 9. The van der Waals surface area contributed by atoms with Gasteiger partial charge in [0.25, 0.3) is 0 Å². The molecule has 45 heavy (non-hydrogen) atoms. The van der Waals surface area contributed by atoms with Crippen LogP contribution in [0.1, 0.15) is 101 Å². The van der Waals surface area contributed by atoms with E-state index in [9.17, 15) is 14.7 Å². The van der Waals surface area contributed by atoms with Crippen LogP contribution in [0.15, 0.2) is 42.5 Å². The summed E-state index contributed by atoms with van der Waals surface area (Å²) >= 11 is 0. The molecule has 8 nitrogen and oxygen atoms in total. The zero-order valence-corrected chi connectivity index (χ0v) is 27.9. The van der Waals surface area contributed by atoms with E-state index in [2.05, 4.69) is 29.8 Å². The molecule has 2 aliphatic rings. The number of fused-ring (bicyclic) bond motifs is 5. The molecule has 0 bridgehead atoms. The average molecular weight is 618 g/mol. The Morgan fingerprint density at radius 1 is 1.04 bits per heavy atom. The Kier molecular flexibility index (Phi) is 9.83. The highest BCUT2D eigenvalue weighted by Gasteiger charge is 2.35. The normalized spacial score (nSPS) is 17.5. The Hall–Kier alpha value is -3.52. The fourth-order valence-corrected chi connectivity index (χ4v) is 6.97. The maximum atomic E-state index is 14.0. The standard InChI is InChI=1S/C37H51N3O5/c1-36(2,3)45-35(43)39(21-19-37(4,5)18-20-38-6)27-23-40-30-22-26(34(41)42)16-17-28(30)32(25-12-8-7-9-13-25)33(40)29-14-10-11-15-31(29)44-24-27/h10-11,14-17,22,25,27,38H,7-9,12-13,18-21,23-24H2,1-6H3,(H,41,42)/t27-/m1/s1. The zero-order chi connectivity index (χ0) is 32.4. The van der Waals surface area contributed by atoms with Gasteiger partial charge in [0.1, 0.15) is 18.0 Å². The van der Waals surface area contributed by atoms with Gasteiger partial charge in [-0.2, -0.15) is 0 Å². The van der Waals surface area contributed by atoms with Crippen LogP contribution >= 0.6 is 0 Å². The summed E-state index contributed by atoms with van der Waals surface area (Å²) in [5, 5.41) is 14.3. The Morgan fingerprint density at radius 3 is 2.47 bits per heavy atom. The predicted octanol–water partition coefficient (Wildman–Crippen LogP) is 8.08. The summed E-state index contributed by atoms with van der Waals surface area (Å²) in [5.41, 5.74) is 3.88. The molecular formula is C37H51N3O5. The van der Waals surface area contributed by atoms with Gasteiger partial charge in [-0.15, -0.1) is 0 Å². The van der Waals surface area contributed by atoms with Crippen molar-refractivity contribution in [3.05, 3.63) is 53.6 Å². The van der Waals surface area contributed by atoms with Gasteiger partial charge in [-0.25, -0.2) is 9.59 Å². The lowest BCUT2D eigenvalue weighted by atomic mass is 9.81. The fraction of sp³-hybridized carbons (Fsp3) is 0.568. The first-order valence-electron chi connectivity index (χ1n) is 16.6. The van der Waals surface area contributed by atoms with Crippen molar-refractivity contribution in [2.75, 3.05) is 26.7 Å². The van der Waals surface area contributed by atoms with E-state index in [1.165, 1.54) is 24.8 Å². The molecule has 244 valence electrons. The monoisotopic (exact) mass is 617 g/mol. The summed E-state index contributed by atoms with van der Waals surface area (Å²) in [5.74, 6) is 0.200. The summed E-state index contributed by atoms with van der Waals surface area (Å²) in [6.45, 7) is 12.3. The summed E-state index contributed by atoms with van der Waals surface area (Å²) in [6.07, 6.45) is 7.24. The second-order valence-electron chi connectivity index (χ2n) is 14.6. The van der Waals surface area contributed by atoms with Gasteiger partial charge in [0, 0.05) is 29.6 Å². The highest BCUT2D eigenvalue weighted by molar-refractivity contribution is 5.98. The van der Waals surface area contributed by atoms with Gasteiger partial charge < -0.3 is 24.5 Å². The highest BCUT2D eigenvalue weighted by Crippen LogP contribution is 2.47. The number of carbonyl (C=O) groups excluding carboxylic acids is 1. The second kappa shape index (κ2) is 13.5. The fourth-order valence-electron chi connectivity index (χ4n) is 6.97. The van der Waals surface area contributed by atoms with E-state index in [1.54, 1.807) is 6.07 Å². The van der Waals surface area contributed by atoms with Gasteiger partial charge in [0.15, 0.2) is 0 Å². The lowest BCUT2D eigenvalue weighted by molar-refractivity contribution is 0.00568. The minimum Gasteiger partial charge on any atom is -0.491 e. The second-order valence-corrected chi connectivity index (χ2v) is 14.6. The van der Waals surface area contributed by atoms with Gasteiger partial charge in [0.05, 0.1) is 17.3 Å². The van der Waals surface area contributed by atoms with Crippen LogP contribution in [0, 0.1) is 5.41 Å². The number of aromatic carboxylic acids is 1. The molecule has 1 amide bonds. The van der Waals surface area contributed by atoms with Crippen LogP contribution in [0.25, 0.3) is 22.2 Å². The van der Waals surface area contributed by atoms with Crippen molar-refractivity contribution in [2.24, 2.45) is 5.41 Å². The molecule has 1 saturated carbocycles. The van der Waals surface area contributed by atoms with E-state index in [1.807, 2.05) is 63.1 Å². The maximum Gasteiger partial charge on any atom is 0.410 e. The summed E-state index contributed by atoms with van der Waals surface area (Å²) in [6, 6.07) is 13.3. The molecule has 0 unspecified atom stereocenters. The van der Waals surface area contributed by atoms with Crippen molar-refractivity contribution >= 4 is 23.0 Å². The molecule has 1 aromatic heterocycles. The molecular weight excluding hydrogens is 566 g/mol. The molecule has 0 radical (unpaired) electrons. The van der Waals surface area contributed by atoms with Crippen LogP contribution in [0.4, 0.5) is 4.79 Å². The molecule has 1 aliphatic heterocycles. The predicted molar refractivity (Wildman–Crippen MR) is 179 cm³/mol. The number of nitrogens with zero attached hydrogens (tertiary/aromatic N) is 2. The first-order chi connectivity index (χ1) is 21.4. The van der Waals surface area contributed by atoms with Crippen molar-refractivity contribution in [2.45, 2.75) is 104 Å². The third kappa shape index (κ3) is 7.49. The summed E-state index contributed by atoms with van der Waals surface area (Å²) in [7, 11) is 1.96. The number of aromatic nitrogens is 1. The highest BCUT2D eigenvalue weighted by atomic mass is 16.6. The van der Waals surface area contributed by atoms with E-state index in [4.69, 9.17) is 9.47 Å². The SMILES string of the molecule is CNCCC(C)(C)CCN(C(=O)OC(C)(C)C)[C@H]1COc2ccccc2-c2c(C3CCCCC3)c3ccc(C(=O)O)cc3n2C1. The number of para-hydroxylation sites is 1. The van der Waals surface area contributed by atoms with Crippen molar-refractivity contribution in [1.82, 2.24) is 14.8 Å². The van der Waals surface area contributed by atoms with Crippen LogP contribution in [-0.4, -0.2) is 65.0 Å². The van der Waals surface area contributed by atoms with Crippen LogP contribution in [0.3, 0.4) is 0 Å². The molecule has 2 N–H and O–H groups in total. The van der Waals surface area contributed by atoms with Crippen LogP contribution in [0.5, 0.6) is 5.75 Å². The number of ether oxygens (including phenoxy) is 2. The van der Waals surface area contributed by atoms with E-state index in [0.29, 0.717) is 25.6 Å². The van der Waals surface area contributed by atoms with E-state index < -0.39 is 11.6 Å². The van der Waals surface area contributed by atoms with Crippen molar-refractivity contribution in [1.29, 1.82) is 0 Å². The quantitative estimate of drug-likeness (QED) is 0.252. The molecule has 2 heterocycles. The molecule has 0 spiro atoms. The number of benzene rings is 2. The van der Waals surface area contributed by atoms with E-state index in [0.717, 1.165) is 60.1 Å². The zero-order valence-electron chi connectivity index (χ0n) is 27.9. The van der Waals surface area contributed by atoms with Crippen LogP contribution in [0.2, 0.25) is 0 Å². The third-order valence-corrected chi connectivity index (χ3v) is 9.48. The van der Waals surface area contributed by atoms with E-state index >= 15 is 0 Å². The molecule has 3 aromatic rings. The third-order valence-electron chi connectivity index (χ3n) is 9.48. The molecule has 1 fully saturated rings. The smallest absolute Gasteiger partial charge is 0.410 e. The largest absolute Gasteiger partial charge is 0.491 e. The number of carboxylic acids is 1. The molecule has 8 heteroatoms. The number of hydrogen-bond donors (Lipinski definition) is 2.